The minimum Gasteiger partial charge on any atom is -0.469 e. The zero-order valence-electron chi connectivity index (χ0n) is 16.3. The standard InChI is InChI=1S/C19H27N3O6/c1-27-16(23)10-3-5-12-20-18(25)14-8-7-9-15(22-14)19(26)21-13-6-4-11-17(24)28-2/h7-9H,3-6,10-13H2,1-2H3,(H,20,25)(H,21,26). The van der Waals surface area contributed by atoms with Crippen LogP contribution >= 0.6 is 0 Å². The maximum absolute atomic E-state index is 12.1. The Balaban J connectivity index is 2.37. The SMILES string of the molecule is COC(=O)CCCCNC(=O)c1cccc(C(=O)NCCCCC(=O)OC)n1. The Hall–Kier alpha value is -2.97. The Morgan fingerprint density at radius 1 is 0.786 bits per heavy atom. The van der Waals surface area contributed by atoms with Gasteiger partial charge in [0, 0.05) is 25.9 Å². The van der Waals surface area contributed by atoms with E-state index in [1.165, 1.54) is 26.4 Å². The number of carbonyl (C=O) groups excluding carboxylic acids is 4. The first-order valence-corrected chi connectivity index (χ1v) is 9.15. The van der Waals surface area contributed by atoms with E-state index in [2.05, 4.69) is 25.1 Å². The number of hydrogen-bond acceptors (Lipinski definition) is 7. The van der Waals surface area contributed by atoms with Crippen molar-refractivity contribution in [3.63, 3.8) is 0 Å². The highest BCUT2D eigenvalue weighted by molar-refractivity contribution is 5.96. The van der Waals surface area contributed by atoms with Crippen molar-refractivity contribution in [2.75, 3.05) is 27.3 Å². The van der Waals surface area contributed by atoms with Gasteiger partial charge >= 0.3 is 11.9 Å². The number of unbranched alkanes of at least 4 members (excludes halogenated alkanes) is 2. The van der Waals surface area contributed by atoms with E-state index in [0.29, 0.717) is 51.6 Å². The fourth-order valence-corrected chi connectivity index (χ4v) is 2.27. The van der Waals surface area contributed by atoms with Crippen LogP contribution in [0.25, 0.3) is 0 Å². The highest BCUT2D eigenvalue weighted by Crippen LogP contribution is 2.02. The number of nitrogens with one attached hydrogen (secondary N) is 2. The van der Waals surface area contributed by atoms with Crippen LogP contribution < -0.4 is 10.6 Å². The van der Waals surface area contributed by atoms with E-state index in [4.69, 9.17) is 0 Å². The molecule has 154 valence electrons. The smallest absolute Gasteiger partial charge is 0.305 e. The van der Waals surface area contributed by atoms with Gasteiger partial charge < -0.3 is 20.1 Å². The normalized spacial score (nSPS) is 10.1. The lowest BCUT2D eigenvalue weighted by atomic mass is 10.2. The minimum atomic E-state index is -0.384. The summed E-state index contributed by atoms with van der Waals surface area (Å²) in [5.41, 5.74) is 0.289. The van der Waals surface area contributed by atoms with Crippen molar-refractivity contribution in [2.45, 2.75) is 38.5 Å². The van der Waals surface area contributed by atoms with Gasteiger partial charge in [0.1, 0.15) is 11.4 Å². The summed E-state index contributed by atoms with van der Waals surface area (Å²) in [6, 6.07) is 4.64. The zero-order chi connectivity index (χ0) is 20.8. The van der Waals surface area contributed by atoms with Gasteiger partial charge in [0.25, 0.3) is 11.8 Å². The molecule has 28 heavy (non-hydrogen) atoms. The maximum Gasteiger partial charge on any atom is 0.305 e. The average molecular weight is 393 g/mol. The summed E-state index contributed by atoms with van der Waals surface area (Å²) in [5, 5.41) is 5.41. The van der Waals surface area contributed by atoms with Crippen LogP contribution in [0.3, 0.4) is 0 Å². The quantitative estimate of drug-likeness (QED) is 0.404. The molecule has 0 bridgehead atoms. The summed E-state index contributed by atoms with van der Waals surface area (Å²) < 4.78 is 9.09. The second kappa shape index (κ2) is 13.2. The van der Waals surface area contributed by atoms with Gasteiger partial charge in [0.05, 0.1) is 14.2 Å². The summed E-state index contributed by atoms with van der Waals surface area (Å²) in [7, 11) is 2.67. The number of methoxy groups -OCH3 is 2. The molecule has 1 aromatic rings. The molecule has 0 aliphatic rings. The van der Waals surface area contributed by atoms with Gasteiger partial charge in [-0.2, -0.15) is 0 Å². The molecule has 0 fully saturated rings. The van der Waals surface area contributed by atoms with Gasteiger partial charge in [0.2, 0.25) is 0 Å². The third kappa shape index (κ3) is 9.11. The summed E-state index contributed by atoms with van der Waals surface area (Å²) in [6.07, 6.45) is 3.09. The number of aromatic nitrogens is 1. The molecule has 0 atom stereocenters. The number of amides is 2. The van der Waals surface area contributed by atoms with Gasteiger partial charge in [-0.3, -0.25) is 19.2 Å². The number of nitrogens with zero attached hydrogens (tertiary/aromatic N) is 1. The van der Waals surface area contributed by atoms with Crippen molar-refractivity contribution in [1.82, 2.24) is 15.6 Å². The zero-order valence-corrected chi connectivity index (χ0v) is 16.3. The van der Waals surface area contributed by atoms with Gasteiger partial charge in [-0.15, -0.1) is 0 Å². The molecule has 0 aliphatic heterocycles. The number of carbonyl (C=O) groups is 4. The molecule has 1 heterocycles. The summed E-state index contributed by atoms with van der Waals surface area (Å²) in [6.45, 7) is 0.794. The van der Waals surface area contributed by atoms with Gasteiger partial charge in [-0.25, -0.2) is 4.98 Å². The molecular weight excluding hydrogens is 366 g/mol. The Morgan fingerprint density at radius 2 is 1.21 bits per heavy atom. The molecule has 0 radical (unpaired) electrons. The highest BCUT2D eigenvalue weighted by atomic mass is 16.5. The van der Waals surface area contributed by atoms with Crippen LogP contribution in [0.5, 0.6) is 0 Å². The molecule has 9 heteroatoms. The van der Waals surface area contributed by atoms with Crippen LogP contribution in [0, 0.1) is 0 Å². The van der Waals surface area contributed by atoms with E-state index in [0.717, 1.165) is 0 Å². The molecule has 2 amide bonds. The summed E-state index contributed by atoms with van der Waals surface area (Å²) >= 11 is 0. The molecule has 1 aromatic heterocycles. The van der Waals surface area contributed by atoms with Crippen LogP contribution in [0.1, 0.15) is 59.5 Å². The molecule has 1 rings (SSSR count). The van der Waals surface area contributed by atoms with Crippen LogP contribution in [0.15, 0.2) is 18.2 Å². The number of pyridine rings is 1. The highest BCUT2D eigenvalue weighted by Gasteiger charge is 2.12. The molecule has 2 N–H and O–H groups in total. The van der Waals surface area contributed by atoms with E-state index in [1.807, 2.05) is 0 Å². The van der Waals surface area contributed by atoms with Crippen LogP contribution in [-0.2, 0) is 19.1 Å². The molecule has 0 unspecified atom stereocenters. The molecule has 0 saturated heterocycles. The fraction of sp³-hybridized carbons (Fsp3) is 0.526. The first-order valence-electron chi connectivity index (χ1n) is 9.15. The second-order valence-electron chi connectivity index (χ2n) is 5.99. The predicted octanol–water partition coefficient (Wildman–Crippen LogP) is 1.23. The Labute approximate surface area is 164 Å². The molecule has 0 aromatic carbocycles. The van der Waals surface area contributed by atoms with Crippen molar-refractivity contribution in [1.29, 1.82) is 0 Å². The molecule has 0 spiro atoms. The van der Waals surface area contributed by atoms with Gasteiger partial charge in [-0.05, 0) is 37.8 Å². The van der Waals surface area contributed by atoms with Crippen molar-refractivity contribution < 1.29 is 28.7 Å². The van der Waals surface area contributed by atoms with Crippen LogP contribution in [-0.4, -0.2) is 56.0 Å². The monoisotopic (exact) mass is 393 g/mol. The second-order valence-corrected chi connectivity index (χ2v) is 5.99. The third-order valence-electron chi connectivity index (χ3n) is 3.86. The molecular formula is C19H27N3O6. The maximum atomic E-state index is 12.1. The van der Waals surface area contributed by atoms with E-state index < -0.39 is 0 Å². The number of esters is 2. The number of hydrogen-bond donors (Lipinski definition) is 2. The van der Waals surface area contributed by atoms with Crippen molar-refractivity contribution >= 4 is 23.8 Å². The third-order valence-corrected chi connectivity index (χ3v) is 3.86. The molecule has 9 nitrogen and oxygen atoms in total. The number of rotatable bonds is 12. The molecule has 0 aliphatic carbocycles. The van der Waals surface area contributed by atoms with E-state index >= 15 is 0 Å². The topological polar surface area (TPSA) is 124 Å². The fourth-order valence-electron chi connectivity index (χ4n) is 2.27. The number of ether oxygens (including phenoxy) is 2. The Bertz CT molecular complexity index is 624. The van der Waals surface area contributed by atoms with Crippen LogP contribution in [0.2, 0.25) is 0 Å². The van der Waals surface area contributed by atoms with Crippen molar-refractivity contribution in [2.24, 2.45) is 0 Å². The van der Waals surface area contributed by atoms with Crippen LogP contribution in [0.4, 0.5) is 0 Å². The van der Waals surface area contributed by atoms with Crippen molar-refractivity contribution in [3.05, 3.63) is 29.6 Å². The lowest BCUT2D eigenvalue weighted by Crippen LogP contribution is -2.28. The lowest BCUT2D eigenvalue weighted by Gasteiger charge is -2.07. The first kappa shape index (κ1) is 23.1. The Kier molecular flexibility index (Phi) is 10.9. The van der Waals surface area contributed by atoms with Gasteiger partial charge in [0.15, 0.2) is 0 Å². The lowest BCUT2D eigenvalue weighted by molar-refractivity contribution is -0.141. The average Bonchev–Trinajstić information content (AvgIpc) is 2.72. The van der Waals surface area contributed by atoms with Crippen molar-refractivity contribution in [3.8, 4) is 0 Å². The predicted molar refractivity (Wildman–Crippen MR) is 101 cm³/mol. The minimum absolute atomic E-state index is 0.145. The summed E-state index contributed by atoms with van der Waals surface area (Å²) in [4.78, 5) is 50.3. The van der Waals surface area contributed by atoms with Gasteiger partial charge in [-0.1, -0.05) is 6.07 Å². The van der Waals surface area contributed by atoms with E-state index in [-0.39, 0.29) is 35.1 Å². The Morgan fingerprint density at radius 3 is 1.61 bits per heavy atom. The summed E-state index contributed by atoms with van der Waals surface area (Å²) in [5.74, 6) is -1.33. The largest absolute Gasteiger partial charge is 0.469 e. The van der Waals surface area contributed by atoms with E-state index in [9.17, 15) is 19.2 Å². The first-order chi connectivity index (χ1) is 13.5. The molecule has 0 saturated carbocycles. The van der Waals surface area contributed by atoms with E-state index in [1.54, 1.807) is 6.07 Å².